The van der Waals surface area contributed by atoms with Crippen LogP contribution in [0.5, 0.6) is 0 Å². The largest absolute Gasteiger partial charge is 0.298 e. The molecule has 0 bridgehead atoms. The second-order valence-corrected chi connectivity index (χ2v) is 17.8. The molecule has 16 heteroatoms. The summed E-state index contributed by atoms with van der Waals surface area (Å²) in [6.45, 7) is 9.93. The van der Waals surface area contributed by atoms with Crippen LogP contribution in [0.4, 0.5) is 10.3 Å². The Hall–Kier alpha value is -3.54. The van der Waals surface area contributed by atoms with E-state index in [-0.39, 0.29) is 9.79 Å². The standard InChI is InChI=1S/C36H48N6O6S4/c1-5-9-21-41(22-10-6-2)51(45,46)29-17-13-27(14-18-29)33(43)39-35-37-31(25-49-35)32-26-50-36(38-32)40-34(44)28-15-19-30(20-16-28)52(47,48)42(23-11-7-3)24-12-8-4/h13-20,25-26H,5-12,21-24H2,1-4H3,(H,37,39,43)(H,38,40,44). The van der Waals surface area contributed by atoms with Crippen LogP contribution < -0.4 is 10.6 Å². The van der Waals surface area contributed by atoms with Crippen LogP contribution in [0.3, 0.4) is 0 Å². The van der Waals surface area contributed by atoms with Gasteiger partial charge in [0.2, 0.25) is 20.0 Å². The lowest BCUT2D eigenvalue weighted by Crippen LogP contribution is -2.33. The van der Waals surface area contributed by atoms with Crippen molar-refractivity contribution in [1.29, 1.82) is 0 Å². The van der Waals surface area contributed by atoms with Gasteiger partial charge in [-0.3, -0.25) is 20.2 Å². The van der Waals surface area contributed by atoms with Gasteiger partial charge in [0.1, 0.15) is 11.4 Å². The Morgan fingerprint density at radius 1 is 0.558 bits per heavy atom. The van der Waals surface area contributed by atoms with Crippen molar-refractivity contribution in [1.82, 2.24) is 18.6 Å². The van der Waals surface area contributed by atoms with Gasteiger partial charge in [0.15, 0.2) is 10.3 Å². The van der Waals surface area contributed by atoms with E-state index in [4.69, 9.17) is 0 Å². The van der Waals surface area contributed by atoms with E-state index in [1.165, 1.54) is 79.8 Å². The van der Waals surface area contributed by atoms with Gasteiger partial charge < -0.3 is 0 Å². The Labute approximate surface area is 315 Å². The zero-order chi connectivity index (χ0) is 37.7. The summed E-state index contributed by atoms with van der Waals surface area (Å²) in [4.78, 5) is 35.2. The molecular weight excluding hydrogens is 741 g/mol. The first kappa shape index (κ1) is 41.2. The highest BCUT2D eigenvalue weighted by Crippen LogP contribution is 2.29. The summed E-state index contributed by atoms with van der Waals surface area (Å²) < 4.78 is 56.1. The predicted molar refractivity (Wildman–Crippen MR) is 209 cm³/mol. The zero-order valence-corrected chi connectivity index (χ0v) is 33.4. The highest BCUT2D eigenvalue weighted by molar-refractivity contribution is 7.89. The SMILES string of the molecule is CCCCN(CCCC)S(=O)(=O)c1ccc(C(=O)Nc2nc(-c3csc(NC(=O)c4ccc(S(=O)(=O)N(CCCC)CCCC)cc4)n3)cs2)cc1. The van der Waals surface area contributed by atoms with Gasteiger partial charge >= 0.3 is 0 Å². The zero-order valence-electron chi connectivity index (χ0n) is 30.1. The molecule has 0 saturated carbocycles. The fourth-order valence-corrected chi connectivity index (χ4v) is 9.57. The number of anilines is 2. The summed E-state index contributed by atoms with van der Waals surface area (Å²) in [5.41, 5.74) is 1.59. The molecule has 4 aromatic rings. The second-order valence-electron chi connectivity index (χ2n) is 12.3. The first-order valence-corrected chi connectivity index (χ1v) is 22.3. The number of hydrogen-bond donors (Lipinski definition) is 2. The highest BCUT2D eigenvalue weighted by Gasteiger charge is 2.25. The average molecular weight is 789 g/mol. The Morgan fingerprint density at radius 2 is 0.865 bits per heavy atom. The molecule has 0 spiro atoms. The number of nitrogens with one attached hydrogen (secondary N) is 2. The molecule has 0 atom stereocenters. The second kappa shape index (κ2) is 19.5. The first-order valence-electron chi connectivity index (χ1n) is 17.7. The molecule has 0 unspecified atom stereocenters. The van der Waals surface area contributed by atoms with E-state index in [1.807, 2.05) is 27.7 Å². The molecule has 2 amide bonds. The minimum Gasteiger partial charge on any atom is -0.298 e. The third-order valence-corrected chi connectivity index (χ3v) is 13.6. The highest BCUT2D eigenvalue weighted by atomic mass is 32.2. The summed E-state index contributed by atoms with van der Waals surface area (Å²) in [5, 5.41) is 9.64. The average Bonchev–Trinajstić information content (AvgIpc) is 3.81. The molecule has 0 aliphatic carbocycles. The lowest BCUT2D eigenvalue weighted by atomic mass is 10.2. The Balaban J connectivity index is 1.36. The van der Waals surface area contributed by atoms with Crippen LogP contribution in [0.1, 0.15) is 99.8 Å². The number of sulfonamides is 2. The Morgan fingerprint density at radius 3 is 1.15 bits per heavy atom. The van der Waals surface area contributed by atoms with Crippen molar-refractivity contribution in [3.63, 3.8) is 0 Å². The van der Waals surface area contributed by atoms with E-state index in [0.717, 1.165) is 51.4 Å². The molecule has 2 heterocycles. The number of amides is 2. The predicted octanol–water partition coefficient (Wildman–Crippen LogP) is 7.95. The normalized spacial score (nSPS) is 12.0. The van der Waals surface area contributed by atoms with E-state index in [0.29, 0.717) is 59.0 Å². The van der Waals surface area contributed by atoms with Crippen LogP contribution in [0, 0.1) is 0 Å². The van der Waals surface area contributed by atoms with Crippen LogP contribution >= 0.6 is 22.7 Å². The van der Waals surface area contributed by atoms with Crippen molar-refractivity contribution in [2.24, 2.45) is 0 Å². The van der Waals surface area contributed by atoms with Crippen LogP contribution in [0.15, 0.2) is 69.1 Å². The van der Waals surface area contributed by atoms with E-state index in [9.17, 15) is 26.4 Å². The number of thiazole rings is 2. The molecular formula is C36H48N6O6S4. The molecule has 0 aliphatic rings. The van der Waals surface area contributed by atoms with Crippen molar-refractivity contribution >= 4 is 64.8 Å². The summed E-state index contributed by atoms with van der Waals surface area (Å²) >= 11 is 2.41. The van der Waals surface area contributed by atoms with Crippen molar-refractivity contribution in [2.45, 2.75) is 88.9 Å². The lowest BCUT2D eigenvalue weighted by molar-refractivity contribution is 0.101. The minimum atomic E-state index is -3.68. The van der Waals surface area contributed by atoms with Gasteiger partial charge in [0, 0.05) is 48.1 Å². The van der Waals surface area contributed by atoms with E-state index in [2.05, 4.69) is 20.6 Å². The van der Waals surface area contributed by atoms with Crippen LogP contribution in [0.2, 0.25) is 0 Å². The maximum atomic E-state index is 13.3. The van der Waals surface area contributed by atoms with Crippen LogP contribution in [-0.2, 0) is 20.0 Å². The number of aromatic nitrogens is 2. The van der Waals surface area contributed by atoms with E-state index < -0.39 is 31.9 Å². The number of carbonyl (C=O) groups excluding carboxylic acids is 2. The molecule has 52 heavy (non-hydrogen) atoms. The van der Waals surface area contributed by atoms with Crippen LogP contribution in [-0.4, -0.2) is 73.4 Å². The van der Waals surface area contributed by atoms with E-state index in [1.54, 1.807) is 10.8 Å². The molecule has 2 aromatic heterocycles. The maximum Gasteiger partial charge on any atom is 0.257 e. The van der Waals surface area contributed by atoms with Crippen molar-refractivity contribution in [3.8, 4) is 11.4 Å². The quantitative estimate of drug-likeness (QED) is 0.0861. The molecule has 0 aliphatic heterocycles. The summed E-state index contributed by atoms with van der Waals surface area (Å²) in [7, 11) is -7.35. The maximum absolute atomic E-state index is 13.3. The molecule has 0 radical (unpaired) electrons. The molecule has 282 valence electrons. The molecule has 12 nitrogen and oxygen atoms in total. The van der Waals surface area contributed by atoms with Gasteiger partial charge in [0.05, 0.1) is 9.79 Å². The summed E-state index contributed by atoms with van der Waals surface area (Å²) in [6.07, 6.45) is 6.66. The number of nitrogens with zero attached hydrogens (tertiary/aromatic N) is 4. The van der Waals surface area contributed by atoms with E-state index >= 15 is 0 Å². The number of benzene rings is 2. The number of rotatable bonds is 21. The van der Waals surface area contributed by atoms with Gasteiger partial charge in [-0.25, -0.2) is 26.8 Å². The summed E-state index contributed by atoms with van der Waals surface area (Å²) in [5.74, 6) is -0.864. The Bertz CT molecular complexity index is 1820. The van der Waals surface area contributed by atoms with Crippen molar-refractivity contribution < 1.29 is 26.4 Å². The third kappa shape index (κ3) is 10.8. The van der Waals surface area contributed by atoms with Crippen molar-refractivity contribution in [3.05, 3.63) is 70.4 Å². The van der Waals surface area contributed by atoms with Crippen molar-refractivity contribution in [2.75, 3.05) is 36.8 Å². The molecule has 2 N–H and O–H groups in total. The smallest absolute Gasteiger partial charge is 0.257 e. The molecule has 0 saturated heterocycles. The van der Waals surface area contributed by atoms with Gasteiger partial charge in [-0.1, -0.05) is 53.4 Å². The molecule has 0 fully saturated rings. The summed E-state index contributed by atoms with van der Waals surface area (Å²) in [6, 6.07) is 11.8. The molecule has 2 aromatic carbocycles. The van der Waals surface area contributed by atoms with Gasteiger partial charge in [-0.15, -0.1) is 22.7 Å². The number of unbranched alkanes of at least 4 members (excludes halogenated alkanes) is 4. The first-order chi connectivity index (χ1) is 24.9. The number of hydrogen-bond acceptors (Lipinski definition) is 10. The monoisotopic (exact) mass is 788 g/mol. The van der Waals surface area contributed by atoms with Crippen LogP contribution in [0.25, 0.3) is 11.4 Å². The fourth-order valence-electron chi connectivity index (χ4n) is 5.13. The third-order valence-electron chi connectivity index (χ3n) is 8.26. The Kier molecular flexibility index (Phi) is 15.5. The van der Waals surface area contributed by atoms with Gasteiger partial charge in [-0.05, 0) is 74.2 Å². The minimum absolute atomic E-state index is 0.149. The lowest BCUT2D eigenvalue weighted by Gasteiger charge is -2.22. The van der Waals surface area contributed by atoms with Gasteiger partial charge in [0.25, 0.3) is 11.8 Å². The van der Waals surface area contributed by atoms with Gasteiger partial charge in [-0.2, -0.15) is 8.61 Å². The topological polar surface area (TPSA) is 159 Å². The fraction of sp³-hybridized carbons (Fsp3) is 0.444. The molecule has 4 rings (SSSR count). The number of carbonyl (C=O) groups is 2.